The molecule has 0 unspecified atom stereocenters. The Labute approximate surface area is 200 Å². The molecule has 0 amide bonds. The van der Waals surface area contributed by atoms with Crippen LogP contribution in [0.25, 0.3) is 10.9 Å². The zero-order valence-corrected chi connectivity index (χ0v) is 19.6. The maximum Gasteiger partial charge on any atom is 0.227 e. The number of fused-ring (bicyclic) bond motifs is 1. The van der Waals surface area contributed by atoms with Gasteiger partial charge in [-0.25, -0.2) is 4.98 Å². The van der Waals surface area contributed by atoms with Gasteiger partial charge in [0.15, 0.2) is 0 Å². The minimum absolute atomic E-state index is 0.716. The summed E-state index contributed by atoms with van der Waals surface area (Å²) < 4.78 is 0. The van der Waals surface area contributed by atoms with Gasteiger partial charge in [-0.3, -0.25) is 9.88 Å². The number of hydrogen-bond donors (Lipinski definition) is 2. The Hall–Kier alpha value is -2.68. The van der Waals surface area contributed by atoms with E-state index in [1.165, 1.54) is 0 Å². The van der Waals surface area contributed by atoms with Crippen LogP contribution in [-0.4, -0.2) is 85.3 Å². The van der Waals surface area contributed by atoms with Gasteiger partial charge in [0.25, 0.3) is 0 Å². The molecule has 2 aliphatic rings. The molecular weight excluding hydrogens is 436 g/mol. The molecule has 0 bridgehead atoms. The zero-order valence-electron chi connectivity index (χ0n) is 18.9. The lowest BCUT2D eigenvalue weighted by Gasteiger charge is -2.36. The molecule has 33 heavy (non-hydrogen) atoms. The molecule has 2 N–H and O–H groups in total. The molecule has 2 aromatic heterocycles. The van der Waals surface area contributed by atoms with E-state index in [2.05, 4.69) is 35.3 Å². The number of hydrogen-bond acceptors (Lipinski definition) is 8. The van der Waals surface area contributed by atoms with Crippen molar-refractivity contribution in [2.75, 3.05) is 80.6 Å². The van der Waals surface area contributed by atoms with E-state index in [1.54, 1.807) is 0 Å². The fourth-order valence-electron chi connectivity index (χ4n) is 4.53. The molecule has 8 nitrogen and oxygen atoms in total. The molecule has 4 heterocycles. The molecule has 2 saturated heterocycles. The molecular formula is C24H31ClN8. The fraction of sp³-hybridized carbons (Fsp3) is 0.458. The Morgan fingerprint density at radius 3 is 2.58 bits per heavy atom. The lowest BCUT2D eigenvalue weighted by Crippen LogP contribution is -2.47. The highest BCUT2D eigenvalue weighted by Gasteiger charge is 2.20. The molecule has 3 aromatic rings. The van der Waals surface area contributed by atoms with E-state index < -0.39 is 0 Å². The second-order valence-electron chi connectivity index (χ2n) is 8.58. The van der Waals surface area contributed by atoms with Gasteiger partial charge in [-0.2, -0.15) is 4.98 Å². The largest absolute Gasteiger partial charge is 0.384 e. The Morgan fingerprint density at radius 2 is 1.73 bits per heavy atom. The first kappa shape index (κ1) is 22.1. The van der Waals surface area contributed by atoms with Crippen molar-refractivity contribution in [2.24, 2.45) is 0 Å². The third-order valence-electron chi connectivity index (χ3n) is 6.40. The Kier molecular flexibility index (Phi) is 7.04. The van der Waals surface area contributed by atoms with E-state index in [0.717, 1.165) is 100 Å². The number of benzene rings is 1. The van der Waals surface area contributed by atoms with Crippen molar-refractivity contribution < 1.29 is 0 Å². The third-order valence-corrected chi connectivity index (χ3v) is 6.63. The van der Waals surface area contributed by atoms with Gasteiger partial charge in [-0.15, -0.1) is 0 Å². The first-order chi connectivity index (χ1) is 16.3. The number of aromatic nitrogens is 3. The first-order valence-corrected chi connectivity index (χ1v) is 12.2. The number of halogens is 1. The monoisotopic (exact) mass is 466 g/mol. The lowest BCUT2D eigenvalue weighted by molar-refractivity contribution is 0.256. The normalized spacial score (nSPS) is 17.5. The van der Waals surface area contributed by atoms with Crippen LogP contribution in [-0.2, 0) is 0 Å². The summed E-state index contributed by atoms with van der Waals surface area (Å²) in [6, 6.07) is 9.93. The van der Waals surface area contributed by atoms with Crippen molar-refractivity contribution in [3.63, 3.8) is 0 Å². The minimum Gasteiger partial charge on any atom is -0.384 e. The average Bonchev–Trinajstić information content (AvgIpc) is 2.87. The van der Waals surface area contributed by atoms with Crippen LogP contribution in [0.5, 0.6) is 0 Å². The summed E-state index contributed by atoms with van der Waals surface area (Å²) in [5.74, 6) is 1.90. The van der Waals surface area contributed by atoms with E-state index in [0.29, 0.717) is 5.02 Å². The van der Waals surface area contributed by atoms with Gasteiger partial charge in [0.1, 0.15) is 5.82 Å². The maximum atomic E-state index is 6.10. The van der Waals surface area contributed by atoms with Crippen molar-refractivity contribution in [1.82, 2.24) is 25.2 Å². The summed E-state index contributed by atoms with van der Waals surface area (Å²) in [6.07, 6.45) is 4.83. The molecule has 0 atom stereocenters. The van der Waals surface area contributed by atoms with Gasteiger partial charge >= 0.3 is 0 Å². The topological polar surface area (TPSA) is 72.5 Å². The van der Waals surface area contributed by atoms with Crippen molar-refractivity contribution in [3.05, 3.63) is 47.7 Å². The van der Waals surface area contributed by atoms with Gasteiger partial charge in [-0.05, 0) is 43.3 Å². The van der Waals surface area contributed by atoms with Gasteiger partial charge in [0, 0.05) is 87.4 Å². The van der Waals surface area contributed by atoms with Crippen molar-refractivity contribution >= 4 is 40.0 Å². The van der Waals surface area contributed by atoms with E-state index >= 15 is 0 Å². The SMILES string of the molecule is Clc1ccc2c(NCCCN3CCN(c4ccnc(N5CCNCC5)n4)CC3)ccnc2c1. The molecule has 0 spiro atoms. The van der Waals surface area contributed by atoms with Crippen LogP contribution in [0.1, 0.15) is 6.42 Å². The van der Waals surface area contributed by atoms with Crippen LogP contribution in [0, 0.1) is 0 Å². The Morgan fingerprint density at radius 1 is 0.909 bits per heavy atom. The summed E-state index contributed by atoms with van der Waals surface area (Å²) in [4.78, 5) is 21.0. The smallest absolute Gasteiger partial charge is 0.227 e. The first-order valence-electron chi connectivity index (χ1n) is 11.8. The number of rotatable bonds is 7. The average molecular weight is 467 g/mol. The molecule has 0 saturated carbocycles. The molecule has 0 aliphatic carbocycles. The zero-order chi connectivity index (χ0) is 22.5. The molecule has 0 radical (unpaired) electrons. The lowest BCUT2D eigenvalue weighted by atomic mass is 10.2. The highest BCUT2D eigenvalue weighted by Crippen LogP contribution is 2.24. The number of anilines is 3. The van der Waals surface area contributed by atoms with Crippen molar-refractivity contribution in [1.29, 1.82) is 0 Å². The van der Waals surface area contributed by atoms with E-state index in [-0.39, 0.29) is 0 Å². The fourth-order valence-corrected chi connectivity index (χ4v) is 4.70. The van der Waals surface area contributed by atoms with Gasteiger partial charge < -0.3 is 20.4 Å². The van der Waals surface area contributed by atoms with Crippen molar-refractivity contribution in [2.45, 2.75) is 6.42 Å². The van der Waals surface area contributed by atoms with E-state index in [4.69, 9.17) is 16.6 Å². The minimum atomic E-state index is 0.716. The van der Waals surface area contributed by atoms with Crippen LogP contribution < -0.4 is 20.4 Å². The van der Waals surface area contributed by atoms with Crippen LogP contribution in [0.2, 0.25) is 5.02 Å². The van der Waals surface area contributed by atoms with Crippen molar-refractivity contribution in [3.8, 4) is 0 Å². The van der Waals surface area contributed by atoms with Crippen LogP contribution in [0.3, 0.4) is 0 Å². The number of nitrogens with zero attached hydrogens (tertiary/aromatic N) is 6. The molecule has 174 valence electrons. The maximum absolute atomic E-state index is 6.10. The highest BCUT2D eigenvalue weighted by molar-refractivity contribution is 6.31. The summed E-state index contributed by atoms with van der Waals surface area (Å²) in [5.41, 5.74) is 2.04. The van der Waals surface area contributed by atoms with Gasteiger partial charge in [0.05, 0.1) is 5.52 Å². The number of piperazine rings is 2. The quantitative estimate of drug-likeness (QED) is 0.515. The van der Waals surface area contributed by atoms with E-state index in [9.17, 15) is 0 Å². The number of nitrogens with one attached hydrogen (secondary N) is 2. The summed E-state index contributed by atoms with van der Waals surface area (Å²) in [5, 5.41) is 8.78. The van der Waals surface area contributed by atoms with E-state index in [1.807, 2.05) is 42.7 Å². The molecule has 5 rings (SSSR count). The summed E-state index contributed by atoms with van der Waals surface area (Å²) >= 11 is 6.10. The predicted molar refractivity (Wildman–Crippen MR) is 136 cm³/mol. The number of pyridine rings is 1. The third kappa shape index (κ3) is 5.46. The Balaban J connectivity index is 1.08. The van der Waals surface area contributed by atoms with Crippen LogP contribution in [0.15, 0.2) is 42.7 Å². The molecule has 2 aliphatic heterocycles. The second kappa shape index (κ2) is 10.5. The van der Waals surface area contributed by atoms with Gasteiger partial charge in [-0.1, -0.05) is 11.6 Å². The predicted octanol–water partition coefficient (Wildman–Crippen LogP) is 2.71. The van der Waals surface area contributed by atoms with Crippen LogP contribution in [0.4, 0.5) is 17.5 Å². The second-order valence-corrected chi connectivity index (χ2v) is 9.02. The van der Waals surface area contributed by atoms with Gasteiger partial charge in [0.2, 0.25) is 5.95 Å². The molecule has 2 fully saturated rings. The highest BCUT2D eigenvalue weighted by atomic mass is 35.5. The standard InChI is InChI=1S/C24H31ClN8/c25-19-2-3-20-21(4-7-28-22(20)18-19)27-6-1-11-31-14-16-32(17-15-31)23-5-8-29-24(30-23)33-12-9-26-10-13-33/h2-5,7-8,18,26H,1,6,9-17H2,(H,27,28). The summed E-state index contributed by atoms with van der Waals surface area (Å²) in [7, 11) is 0. The molecule has 1 aromatic carbocycles. The summed E-state index contributed by atoms with van der Waals surface area (Å²) in [6.45, 7) is 10.1. The van der Waals surface area contributed by atoms with Crippen LogP contribution >= 0.6 is 11.6 Å². The Bertz CT molecular complexity index is 1060. The molecule has 9 heteroatoms.